The quantitative estimate of drug-likeness (QED) is 0.850. The fourth-order valence-corrected chi connectivity index (χ4v) is 3.61. The van der Waals surface area contributed by atoms with Gasteiger partial charge >= 0.3 is 0 Å². The Morgan fingerprint density at radius 3 is 2.90 bits per heavy atom. The lowest BCUT2D eigenvalue weighted by Gasteiger charge is -2.23. The van der Waals surface area contributed by atoms with Gasteiger partial charge in [-0.3, -0.25) is 4.98 Å². The number of aliphatic hydroxyl groups is 1. The summed E-state index contributed by atoms with van der Waals surface area (Å²) in [4.78, 5) is 4.30. The van der Waals surface area contributed by atoms with E-state index in [-0.39, 0.29) is 6.61 Å². The Labute approximate surface area is 128 Å². The third-order valence-corrected chi connectivity index (χ3v) is 4.89. The number of hydrogen-bond donors (Lipinski definition) is 2. The lowest BCUT2D eigenvalue weighted by Crippen LogP contribution is -2.30. The number of aliphatic hydroxyl groups excluding tert-OH is 1. The smallest absolute Gasteiger partial charge is 0.206 e. The first kappa shape index (κ1) is 14.4. The molecule has 6 heteroatoms. The maximum Gasteiger partial charge on any atom is 0.206 e. The van der Waals surface area contributed by atoms with Gasteiger partial charge in [0.2, 0.25) is 5.13 Å². The topological polar surface area (TPSA) is 70.9 Å². The molecule has 2 aromatic heterocycles. The molecule has 2 N–H and O–H groups in total. The van der Waals surface area contributed by atoms with Crippen molar-refractivity contribution in [2.45, 2.75) is 38.1 Å². The van der Waals surface area contributed by atoms with Crippen LogP contribution in [0.3, 0.4) is 0 Å². The van der Waals surface area contributed by atoms with Crippen LogP contribution < -0.4 is 5.32 Å². The molecule has 1 saturated carbocycles. The minimum atomic E-state index is 0.240. The predicted molar refractivity (Wildman–Crippen MR) is 84.2 cm³/mol. The fraction of sp³-hybridized carbons (Fsp3) is 0.533. The van der Waals surface area contributed by atoms with E-state index in [0.29, 0.717) is 12.0 Å². The molecule has 112 valence electrons. The molecule has 0 radical (unpaired) electrons. The molecule has 0 bridgehead atoms. The normalized spacial score (nSPS) is 22.7. The van der Waals surface area contributed by atoms with Crippen molar-refractivity contribution in [3.8, 4) is 10.7 Å². The molecular formula is C15H20N4OS. The van der Waals surface area contributed by atoms with E-state index in [0.717, 1.165) is 28.7 Å². The van der Waals surface area contributed by atoms with Crippen molar-refractivity contribution in [1.29, 1.82) is 0 Å². The first-order valence-corrected chi connectivity index (χ1v) is 8.31. The summed E-state index contributed by atoms with van der Waals surface area (Å²) in [5.74, 6) is 0.315. The monoisotopic (exact) mass is 304 g/mol. The van der Waals surface area contributed by atoms with E-state index >= 15 is 0 Å². The van der Waals surface area contributed by atoms with Crippen LogP contribution in [0.25, 0.3) is 10.7 Å². The zero-order valence-corrected chi connectivity index (χ0v) is 12.7. The second kappa shape index (κ2) is 6.95. The fourth-order valence-electron chi connectivity index (χ4n) is 2.83. The van der Waals surface area contributed by atoms with Gasteiger partial charge in [0.25, 0.3) is 0 Å². The Morgan fingerprint density at radius 1 is 1.19 bits per heavy atom. The average Bonchev–Trinajstić information content (AvgIpc) is 2.88. The van der Waals surface area contributed by atoms with Crippen molar-refractivity contribution in [3.05, 3.63) is 24.4 Å². The molecule has 0 aliphatic heterocycles. The average molecular weight is 304 g/mol. The van der Waals surface area contributed by atoms with Crippen LogP contribution in [0.1, 0.15) is 32.1 Å². The molecule has 0 spiro atoms. The van der Waals surface area contributed by atoms with Crippen molar-refractivity contribution < 1.29 is 5.11 Å². The summed E-state index contributed by atoms with van der Waals surface area (Å²) in [5, 5.41) is 23.1. The number of aromatic nitrogens is 3. The van der Waals surface area contributed by atoms with Crippen molar-refractivity contribution in [2.75, 3.05) is 11.9 Å². The molecule has 0 amide bonds. The van der Waals surface area contributed by atoms with Gasteiger partial charge < -0.3 is 10.4 Å². The summed E-state index contributed by atoms with van der Waals surface area (Å²) < 4.78 is 0. The Balaban J connectivity index is 1.71. The summed E-state index contributed by atoms with van der Waals surface area (Å²) in [6.45, 7) is 0.240. The predicted octanol–water partition coefficient (Wildman–Crippen LogP) is 2.95. The van der Waals surface area contributed by atoms with Crippen LogP contribution in [0.5, 0.6) is 0 Å². The number of hydrogen-bond acceptors (Lipinski definition) is 6. The SMILES string of the molecule is OC[C@H]1CCCCC[C@H]1Nc1nnc(-c2ccccn2)s1. The van der Waals surface area contributed by atoms with E-state index < -0.39 is 0 Å². The summed E-state index contributed by atoms with van der Waals surface area (Å²) in [5.41, 5.74) is 0.850. The zero-order valence-electron chi connectivity index (χ0n) is 11.9. The van der Waals surface area contributed by atoms with Crippen LogP contribution in [-0.4, -0.2) is 32.9 Å². The number of nitrogens with zero attached hydrogens (tertiary/aromatic N) is 3. The standard InChI is InChI=1S/C15H20N4OS/c20-10-11-6-2-1-3-7-12(11)17-15-19-18-14(21-15)13-8-4-5-9-16-13/h4-5,8-9,11-12,20H,1-3,6-7,10H2,(H,17,19)/t11-,12-/m1/s1. The van der Waals surface area contributed by atoms with Crippen LogP contribution in [0.15, 0.2) is 24.4 Å². The summed E-state index contributed by atoms with van der Waals surface area (Å²) in [6, 6.07) is 6.07. The Bertz CT molecular complexity index is 560. The molecule has 0 aromatic carbocycles. The van der Waals surface area contributed by atoms with Crippen LogP contribution in [-0.2, 0) is 0 Å². The van der Waals surface area contributed by atoms with Crippen molar-refractivity contribution >= 4 is 16.5 Å². The van der Waals surface area contributed by atoms with E-state index in [2.05, 4.69) is 20.5 Å². The molecule has 2 atom stereocenters. The van der Waals surface area contributed by atoms with E-state index in [1.807, 2.05) is 18.2 Å². The van der Waals surface area contributed by atoms with Crippen molar-refractivity contribution in [1.82, 2.24) is 15.2 Å². The van der Waals surface area contributed by atoms with Gasteiger partial charge in [-0.1, -0.05) is 36.7 Å². The molecule has 3 rings (SSSR count). The number of nitrogens with one attached hydrogen (secondary N) is 1. The molecule has 2 aromatic rings. The molecule has 21 heavy (non-hydrogen) atoms. The van der Waals surface area contributed by atoms with Gasteiger partial charge in [0, 0.05) is 24.8 Å². The Morgan fingerprint density at radius 2 is 2.10 bits per heavy atom. The largest absolute Gasteiger partial charge is 0.396 e. The minimum absolute atomic E-state index is 0.240. The third-order valence-electron chi connectivity index (χ3n) is 4.01. The third kappa shape index (κ3) is 3.57. The lowest BCUT2D eigenvalue weighted by atomic mass is 9.96. The molecule has 1 aliphatic carbocycles. The molecule has 1 aliphatic rings. The van der Waals surface area contributed by atoms with Gasteiger partial charge in [0.05, 0.1) is 0 Å². The van der Waals surface area contributed by atoms with Crippen LogP contribution >= 0.6 is 11.3 Å². The van der Waals surface area contributed by atoms with Crippen LogP contribution in [0.2, 0.25) is 0 Å². The highest BCUT2D eigenvalue weighted by Gasteiger charge is 2.24. The number of rotatable bonds is 4. The van der Waals surface area contributed by atoms with Crippen LogP contribution in [0, 0.1) is 5.92 Å². The van der Waals surface area contributed by atoms with Gasteiger partial charge in [-0.2, -0.15) is 0 Å². The van der Waals surface area contributed by atoms with E-state index in [4.69, 9.17) is 0 Å². The number of pyridine rings is 1. The highest BCUT2D eigenvalue weighted by Crippen LogP contribution is 2.29. The second-order valence-corrected chi connectivity index (χ2v) is 6.44. The van der Waals surface area contributed by atoms with Crippen LogP contribution in [0.4, 0.5) is 5.13 Å². The zero-order chi connectivity index (χ0) is 14.5. The summed E-state index contributed by atoms with van der Waals surface area (Å²) in [6.07, 6.45) is 7.60. The summed E-state index contributed by atoms with van der Waals surface area (Å²) in [7, 11) is 0. The Kier molecular flexibility index (Phi) is 4.77. The first-order valence-electron chi connectivity index (χ1n) is 7.49. The van der Waals surface area contributed by atoms with E-state index in [9.17, 15) is 5.11 Å². The second-order valence-electron chi connectivity index (χ2n) is 5.46. The van der Waals surface area contributed by atoms with Crippen molar-refractivity contribution in [3.63, 3.8) is 0 Å². The van der Waals surface area contributed by atoms with Crippen molar-refractivity contribution in [2.24, 2.45) is 5.92 Å². The van der Waals surface area contributed by atoms with Gasteiger partial charge in [0.15, 0.2) is 5.01 Å². The highest BCUT2D eigenvalue weighted by molar-refractivity contribution is 7.18. The maximum absolute atomic E-state index is 9.57. The molecule has 2 heterocycles. The minimum Gasteiger partial charge on any atom is -0.396 e. The van der Waals surface area contributed by atoms with Gasteiger partial charge in [-0.15, -0.1) is 10.2 Å². The Hall–Kier alpha value is -1.53. The van der Waals surface area contributed by atoms with Gasteiger partial charge in [-0.25, -0.2) is 0 Å². The summed E-state index contributed by atoms with van der Waals surface area (Å²) >= 11 is 1.52. The highest BCUT2D eigenvalue weighted by atomic mass is 32.1. The number of anilines is 1. The molecule has 1 fully saturated rings. The maximum atomic E-state index is 9.57. The van der Waals surface area contributed by atoms with Gasteiger partial charge in [-0.05, 0) is 25.0 Å². The van der Waals surface area contributed by atoms with E-state index in [1.165, 1.54) is 30.6 Å². The molecule has 0 unspecified atom stereocenters. The van der Waals surface area contributed by atoms with Gasteiger partial charge in [0.1, 0.15) is 5.69 Å². The molecule has 0 saturated heterocycles. The molecule has 5 nitrogen and oxygen atoms in total. The molecular weight excluding hydrogens is 284 g/mol. The van der Waals surface area contributed by atoms with E-state index in [1.54, 1.807) is 6.20 Å². The first-order chi connectivity index (χ1) is 10.4. The lowest BCUT2D eigenvalue weighted by molar-refractivity contribution is 0.203.